The van der Waals surface area contributed by atoms with Crippen molar-refractivity contribution >= 4 is 35.3 Å². The van der Waals surface area contributed by atoms with Crippen LogP contribution in [0, 0.1) is 5.92 Å². The van der Waals surface area contributed by atoms with Crippen molar-refractivity contribution in [1.82, 2.24) is 16.0 Å². The zero-order valence-corrected chi connectivity index (χ0v) is 25.2. The molecule has 0 aliphatic heterocycles. The van der Waals surface area contributed by atoms with Crippen molar-refractivity contribution in [3.63, 3.8) is 0 Å². The van der Waals surface area contributed by atoms with E-state index in [9.17, 15) is 39.0 Å². The number of nitrogens with two attached hydrogens (primary N) is 1. The number of aliphatic carboxylic acids is 1. The van der Waals surface area contributed by atoms with Crippen LogP contribution in [0.2, 0.25) is 0 Å². The highest BCUT2D eigenvalue weighted by Crippen LogP contribution is 2.13. The fraction of sp³-hybridized carbons (Fsp3) is 0.786. The average molecular weight is 603 g/mol. The number of ketones is 2. The van der Waals surface area contributed by atoms with Gasteiger partial charge in [0.25, 0.3) is 0 Å². The predicted molar refractivity (Wildman–Crippen MR) is 153 cm³/mol. The van der Waals surface area contributed by atoms with Crippen molar-refractivity contribution in [3.05, 3.63) is 0 Å². The number of Topliss-reactive ketones (excluding diaryl/α,β-unsaturated/α-hetero) is 2. The number of carbonyl (C=O) groups excluding carboxylic acids is 5. The van der Waals surface area contributed by atoms with Crippen LogP contribution in [0.1, 0.15) is 78.6 Å². The molecule has 0 aromatic rings. The van der Waals surface area contributed by atoms with E-state index in [4.69, 9.17) is 15.2 Å². The first-order chi connectivity index (χ1) is 19.9. The molecule has 7 N–H and O–H groups in total. The van der Waals surface area contributed by atoms with E-state index in [0.29, 0.717) is 58.1 Å². The van der Waals surface area contributed by atoms with Gasteiger partial charge in [-0.2, -0.15) is 0 Å². The minimum atomic E-state index is -1.26. The van der Waals surface area contributed by atoms with E-state index in [0.717, 1.165) is 0 Å². The molecule has 0 radical (unpaired) electrons. The molecular weight excluding hydrogens is 552 g/mol. The summed E-state index contributed by atoms with van der Waals surface area (Å²) in [6, 6.07) is -2.25. The molecule has 14 heteroatoms. The van der Waals surface area contributed by atoms with Crippen LogP contribution in [-0.4, -0.2) is 103 Å². The molecule has 42 heavy (non-hydrogen) atoms. The Morgan fingerprint density at radius 1 is 0.881 bits per heavy atom. The van der Waals surface area contributed by atoms with E-state index in [-0.39, 0.29) is 62.6 Å². The quantitative estimate of drug-likeness (QED) is 0.0677. The third-order valence-electron chi connectivity index (χ3n) is 6.57. The Labute approximate surface area is 247 Å². The van der Waals surface area contributed by atoms with E-state index in [2.05, 4.69) is 16.0 Å². The highest BCUT2D eigenvalue weighted by molar-refractivity contribution is 5.86. The Hall–Kier alpha value is -2.94. The second-order valence-corrected chi connectivity index (χ2v) is 10.1. The van der Waals surface area contributed by atoms with Crippen LogP contribution in [0.25, 0.3) is 0 Å². The molecule has 0 rings (SSSR count). The molecule has 0 aliphatic carbocycles. The number of aliphatic hydroxyl groups excluding tert-OH is 1. The summed E-state index contributed by atoms with van der Waals surface area (Å²) in [6.07, 6.45) is 2.83. The SMILES string of the molecule is CCC(=O)CCCOCCOCC(=O)N[C@@H](CCC(=O)NCCCC[C@H](CC)C(=O)CN[C@H](C(N)=O)[C@@H](C)O)C(=O)O. The molecule has 3 amide bonds. The van der Waals surface area contributed by atoms with E-state index in [1.54, 1.807) is 6.92 Å². The Morgan fingerprint density at radius 2 is 1.57 bits per heavy atom. The van der Waals surface area contributed by atoms with Gasteiger partial charge in [0.05, 0.1) is 25.9 Å². The van der Waals surface area contributed by atoms with Gasteiger partial charge in [-0.25, -0.2) is 4.79 Å². The lowest BCUT2D eigenvalue weighted by molar-refractivity contribution is -0.143. The number of carboxylic acids is 1. The molecule has 0 bridgehead atoms. The van der Waals surface area contributed by atoms with Crippen LogP contribution < -0.4 is 21.7 Å². The van der Waals surface area contributed by atoms with Gasteiger partial charge >= 0.3 is 5.97 Å². The third kappa shape index (κ3) is 19.2. The number of amides is 3. The molecule has 4 atom stereocenters. The van der Waals surface area contributed by atoms with Crippen LogP contribution in [0.3, 0.4) is 0 Å². The Morgan fingerprint density at radius 3 is 2.17 bits per heavy atom. The van der Waals surface area contributed by atoms with Gasteiger partial charge < -0.3 is 36.1 Å². The second kappa shape index (κ2) is 23.6. The first kappa shape index (κ1) is 39.1. The summed E-state index contributed by atoms with van der Waals surface area (Å²) < 4.78 is 10.5. The van der Waals surface area contributed by atoms with Crippen LogP contribution in [0.4, 0.5) is 0 Å². The lowest BCUT2D eigenvalue weighted by Gasteiger charge is -2.20. The standard InChI is InChI=1S/C28H50N4O10/c1-4-20(23(35)17-31-26(19(3)33)27(29)38)9-6-7-13-30-24(36)12-11-22(28(39)40)32-25(37)18-42-16-15-41-14-8-10-21(34)5-2/h19-20,22,26,31,33H,4-18H2,1-3H3,(H2,29,38)(H,30,36)(H,32,37)(H,39,40)/t19-,20+,22+,26+/m1/s1. The van der Waals surface area contributed by atoms with Crippen molar-refractivity contribution in [3.8, 4) is 0 Å². The Balaban J connectivity index is 4.16. The smallest absolute Gasteiger partial charge is 0.326 e. The van der Waals surface area contributed by atoms with Gasteiger partial charge in [0.1, 0.15) is 30.3 Å². The first-order valence-corrected chi connectivity index (χ1v) is 14.6. The number of hydrogen-bond donors (Lipinski definition) is 6. The maximum absolute atomic E-state index is 12.5. The highest BCUT2D eigenvalue weighted by Gasteiger charge is 2.24. The predicted octanol–water partition coefficient (Wildman–Crippen LogP) is -0.165. The van der Waals surface area contributed by atoms with E-state index in [1.807, 2.05) is 6.92 Å². The Bertz CT molecular complexity index is 853. The highest BCUT2D eigenvalue weighted by atomic mass is 16.5. The number of rotatable bonds is 27. The Kier molecular flexibility index (Phi) is 22.0. The van der Waals surface area contributed by atoms with Gasteiger partial charge in [-0.15, -0.1) is 0 Å². The summed E-state index contributed by atoms with van der Waals surface area (Å²) in [5, 5.41) is 26.7. The lowest BCUT2D eigenvalue weighted by atomic mass is 9.94. The summed E-state index contributed by atoms with van der Waals surface area (Å²) in [5.41, 5.74) is 5.22. The van der Waals surface area contributed by atoms with Gasteiger partial charge in [-0.05, 0) is 39.0 Å². The maximum Gasteiger partial charge on any atom is 0.326 e. The third-order valence-corrected chi connectivity index (χ3v) is 6.57. The molecule has 242 valence electrons. The number of hydrogen-bond acceptors (Lipinski definition) is 10. The number of nitrogens with one attached hydrogen (secondary N) is 3. The maximum atomic E-state index is 12.5. The number of primary amides is 1. The molecule has 0 unspecified atom stereocenters. The van der Waals surface area contributed by atoms with E-state index in [1.165, 1.54) is 6.92 Å². The average Bonchev–Trinajstić information content (AvgIpc) is 2.93. The molecule has 0 saturated carbocycles. The lowest BCUT2D eigenvalue weighted by Crippen LogP contribution is -2.50. The number of unbranched alkanes of at least 4 members (excludes halogenated alkanes) is 1. The molecule has 14 nitrogen and oxygen atoms in total. The largest absolute Gasteiger partial charge is 0.480 e. The van der Waals surface area contributed by atoms with Crippen molar-refractivity contribution < 1.29 is 48.5 Å². The molecule has 0 fully saturated rings. The van der Waals surface area contributed by atoms with Gasteiger partial charge in [0, 0.05) is 38.3 Å². The summed E-state index contributed by atoms with van der Waals surface area (Å²) >= 11 is 0. The molecule has 0 aromatic carbocycles. The van der Waals surface area contributed by atoms with E-state index >= 15 is 0 Å². The number of aliphatic hydroxyl groups is 1. The summed E-state index contributed by atoms with van der Waals surface area (Å²) in [6.45, 7) is 5.80. The molecule has 0 heterocycles. The molecular formula is C28H50N4O10. The van der Waals surface area contributed by atoms with Crippen LogP contribution in [0.15, 0.2) is 0 Å². The van der Waals surface area contributed by atoms with Crippen molar-refractivity contribution in [1.29, 1.82) is 0 Å². The molecule has 0 spiro atoms. The fourth-order valence-corrected chi connectivity index (χ4v) is 3.99. The van der Waals surface area contributed by atoms with Gasteiger partial charge in [-0.1, -0.05) is 20.3 Å². The topological polar surface area (TPSA) is 223 Å². The normalized spacial score (nSPS) is 13.9. The number of carbonyl (C=O) groups is 6. The van der Waals surface area contributed by atoms with E-state index < -0.39 is 36.0 Å². The first-order valence-electron chi connectivity index (χ1n) is 14.6. The van der Waals surface area contributed by atoms with Crippen LogP contribution in [0.5, 0.6) is 0 Å². The van der Waals surface area contributed by atoms with Gasteiger partial charge in [0.15, 0.2) is 0 Å². The zero-order valence-electron chi connectivity index (χ0n) is 25.2. The summed E-state index contributed by atoms with van der Waals surface area (Å²) in [5.74, 6) is -3.14. The minimum absolute atomic E-state index is 0.0845. The van der Waals surface area contributed by atoms with Crippen LogP contribution in [-0.2, 0) is 38.2 Å². The summed E-state index contributed by atoms with van der Waals surface area (Å²) in [4.78, 5) is 70.7. The van der Waals surface area contributed by atoms with Crippen molar-refractivity contribution in [2.24, 2.45) is 11.7 Å². The van der Waals surface area contributed by atoms with Crippen LogP contribution >= 0.6 is 0 Å². The molecule has 0 aliphatic rings. The van der Waals surface area contributed by atoms with Gasteiger partial charge in [0.2, 0.25) is 17.7 Å². The fourth-order valence-electron chi connectivity index (χ4n) is 3.99. The number of ether oxygens (including phenoxy) is 2. The van der Waals surface area contributed by atoms with Crippen molar-refractivity contribution in [2.45, 2.75) is 96.7 Å². The summed E-state index contributed by atoms with van der Waals surface area (Å²) in [7, 11) is 0. The number of carboxylic acid groups (broad SMARTS) is 1. The monoisotopic (exact) mass is 602 g/mol. The van der Waals surface area contributed by atoms with Crippen molar-refractivity contribution in [2.75, 3.05) is 39.5 Å². The minimum Gasteiger partial charge on any atom is -0.480 e. The molecule has 0 aromatic heterocycles. The second-order valence-electron chi connectivity index (χ2n) is 10.1. The zero-order chi connectivity index (χ0) is 31.9. The molecule has 0 saturated heterocycles. The van der Waals surface area contributed by atoms with Gasteiger partial charge in [-0.3, -0.25) is 29.3 Å².